The Labute approximate surface area is 116 Å². The molecule has 3 rings (SSSR count). The van der Waals surface area contributed by atoms with Gasteiger partial charge in [0.15, 0.2) is 0 Å². The van der Waals surface area contributed by atoms with E-state index < -0.39 is 0 Å². The van der Waals surface area contributed by atoms with Gasteiger partial charge in [0, 0.05) is 11.5 Å². The van der Waals surface area contributed by atoms with Crippen LogP contribution in [0.25, 0.3) is 10.9 Å². The Balaban J connectivity index is 2.02. The molecule has 0 unspecified atom stereocenters. The van der Waals surface area contributed by atoms with Gasteiger partial charge in [0.05, 0.1) is 23.0 Å². The number of benzene rings is 1. The molecule has 3 aromatic rings. The van der Waals surface area contributed by atoms with Crippen LogP contribution < -0.4 is 5.32 Å². The third-order valence-corrected chi connectivity index (χ3v) is 3.15. The number of nitrogens with zero attached hydrogens (tertiary/aromatic N) is 2. The molecule has 2 heterocycles. The summed E-state index contributed by atoms with van der Waals surface area (Å²) in [4.78, 5) is 16.7. The van der Waals surface area contributed by atoms with E-state index >= 15 is 0 Å². The van der Waals surface area contributed by atoms with E-state index in [1.54, 1.807) is 12.3 Å². The Morgan fingerprint density at radius 3 is 2.80 bits per heavy atom. The summed E-state index contributed by atoms with van der Waals surface area (Å²) in [5.41, 5.74) is 3.31. The van der Waals surface area contributed by atoms with E-state index in [9.17, 15) is 4.79 Å². The minimum atomic E-state index is -0.192. The molecule has 0 fully saturated rings. The first-order valence-electron chi connectivity index (χ1n) is 6.32. The standard InChI is InChI=1S/C15H14N4O/c1-9-3-4-13-11(7-9)8-12(10(2)17-13)15(20)18-14-5-6-16-19-14/h3-8H,1-2H3,(H2,16,18,19,20). The van der Waals surface area contributed by atoms with Crippen LogP contribution in [0.5, 0.6) is 0 Å². The van der Waals surface area contributed by atoms with Crippen molar-refractivity contribution in [2.45, 2.75) is 13.8 Å². The molecular formula is C15H14N4O. The van der Waals surface area contributed by atoms with Gasteiger partial charge in [0.2, 0.25) is 0 Å². The number of carbonyl (C=O) groups excluding carboxylic acids is 1. The van der Waals surface area contributed by atoms with E-state index in [1.165, 1.54) is 0 Å². The number of hydrogen-bond donors (Lipinski definition) is 2. The number of H-pyrrole nitrogens is 1. The van der Waals surface area contributed by atoms with Crippen molar-refractivity contribution in [2.75, 3.05) is 5.32 Å². The molecule has 0 atom stereocenters. The average Bonchev–Trinajstić information content (AvgIpc) is 2.91. The number of amides is 1. The van der Waals surface area contributed by atoms with Crippen molar-refractivity contribution in [3.05, 3.63) is 53.3 Å². The highest BCUT2D eigenvalue weighted by atomic mass is 16.1. The van der Waals surface area contributed by atoms with Gasteiger partial charge in [-0.2, -0.15) is 5.10 Å². The number of nitrogens with one attached hydrogen (secondary N) is 2. The van der Waals surface area contributed by atoms with Gasteiger partial charge in [0.1, 0.15) is 5.82 Å². The monoisotopic (exact) mass is 266 g/mol. The number of fused-ring (bicyclic) bond motifs is 1. The Morgan fingerprint density at radius 2 is 2.05 bits per heavy atom. The zero-order chi connectivity index (χ0) is 14.1. The summed E-state index contributed by atoms with van der Waals surface area (Å²) in [5, 5.41) is 10.2. The van der Waals surface area contributed by atoms with Crippen molar-refractivity contribution in [3.63, 3.8) is 0 Å². The average molecular weight is 266 g/mol. The van der Waals surface area contributed by atoms with Gasteiger partial charge < -0.3 is 5.32 Å². The van der Waals surface area contributed by atoms with E-state index in [2.05, 4.69) is 20.5 Å². The molecule has 0 spiro atoms. The molecule has 0 bridgehead atoms. The zero-order valence-corrected chi connectivity index (χ0v) is 11.3. The van der Waals surface area contributed by atoms with Crippen LogP contribution >= 0.6 is 0 Å². The van der Waals surface area contributed by atoms with Crippen LogP contribution in [0.2, 0.25) is 0 Å². The van der Waals surface area contributed by atoms with Gasteiger partial charge >= 0.3 is 0 Å². The first-order valence-corrected chi connectivity index (χ1v) is 6.32. The number of aryl methyl sites for hydroxylation is 2. The summed E-state index contributed by atoms with van der Waals surface area (Å²) in [6.45, 7) is 3.85. The molecule has 0 radical (unpaired) electrons. The smallest absolute Gasteiger partial charge is 0.258 e. The van der Waals surface area contributed by atoms with Gasteiger partial charge in [0.25, 0.3) is 5.91 Å². The molecule has 0 aliphatic rings. The maximum absolute atomic E-state index is 12.3. The molecule has 0 saturated heterocycles. The lowest BCUT2D eigenvalue weighted by atomic mass is 10.1. The molecule has 2 aromatic heterocycles. The molecule has 0 aliphatic carbocycles. The predicted octanol–water partition coefficient (Wildman–Crippen LogP) is 2.83. The summed E-state index contributed by atoms with van der Waals surface area (Å²) in [5.74, 6) is 0.376. The molecule has 20 heavy (non-hydrogen) atoms. The van der Waals surface area contributed by atoms with Crippen LogP contribution in [0.15, 0.2) is 36.5 Å². The summed E-state index contributed by atoms with van der Waals surface area (Å²) in [7, 11) is 0. The summed E-state index contributed by atoms with van der Waals surface area (Å²) < 4.78 is 0. The van der Waals surface area contributed by atoms with E-state index in [0.717, 1.165) is 16.5 Å². The number of aromatic amines is 1. The SMILES string of the molecule is Cc1ccc2nc(C)c(C(=O)Nc3ccn[nH]3)cc2c1. The first-order chi connectivity index (χ1) is 9.63. The maximum Gasteiger partial charge on any atom is 0.258 e. The lowest BCUT2D eigenvalue weighted by molar-refractivity contribution is 0.102. The lowest BCUT2D eigenvalue weighted by Crippen LogP contribution is -2.14. The second-order valence-electron chi connectivity index (χ2n) is 4.74. The Hall–Kier alpha value is -2.69. The van der Waals surface area contributed by atoms with E-state index in [-0.39, 0.29) is 5.91 Å². The number of hydrogen-bond acceptors (Lipinski definition) is 3. The van der Waals surface area contributed by atoms with Gasteiger partial charge in [-0.25, -0.2) is 0 Å². The first kappa shape index (κ1) is 12.3. The third-order valence-electron chi connectivity index (χ3n) is 3.15. The van der Waals surface area contributed by atoms with Crippen molar-refractivity contribution in [1.29, 1.82) is 0 Å². The van der Waals surface area contributed by atoms with Gasteiger partial charge in [-0.15, -0.1) is 0 Å². The molecule has 5 nitrogen and oxygen atoms in total. The fourth-order valence-electron chi connectivity index (χ4n) is 2.14. The topological polar surface area (TPSA) is 70.7 Å². The highest BCUT2D eigenvalue weighted by Gasteiger charge is 2.12. The Kier molecular flexibility index (Phi) is 2.95. The quantitative estimate of drug-likeness (QED) is 0.749. The van der Waals surface area contributed by atoms with Crippen LogP contribution in [0.3, 0.4) is 0 Å². The van der Waals surface area contributed by atoms with E-state index in [1.807, 2.05) is 38.1 Å². The zero-order valence-electron chi connectivity index (χ0n) is 11.3. The molecule has 1 aromatic carbocycles. The van der Waals surface area contributed by atoms with Crippen molar-refractivity contribution >= 4 is 22.6 Å². The predicted molar refractivity (Wildman–Crippen MR) is 77.8 cm³/mol. The van der Waals surface area contributed by atoms with Crippen molar-refractivity contribution < 1.29 is 4.79 Å². The maximum atomic E-state index is 12.3. The molecule has 0 aliphatic heterocycles. The fourth-order valence-corrected chi connectivity index (χ4v) is 2.14. The highest BCUT2D eigenvalue weighted by molar-refractivity contribution is 6.06. The van der Waals surface area contributed by atoms with Crippen LogP contribution in [-0.2, 0) is 0 Å². The van der Waals surface area contributed by atoms with Crippen LogP contribution in [0, 0.1) is 13.8 Å². The number of carbonyl (C=O) groups is 1. The Morgan fingerprint density at radius 1 is 1.20 bits per heavy atom. The normalized spacial score (nSPS) is 10.7. The second-order valence-corrected chi connectivity index (χ2v) is 4.74. The number of anilines is 1. The molecular weight excluding hydrogens is 252 g/mol. The number of pyridine rings is 1. The Bertz CT molecular complexity index is 778. The van der Waals surface area contributed by atoms with E-state index in [4.69, 9.17) is 0 Å². The van der Waals surface area contributed by atoms with E-state index in [0.29, 0.717) is 17.1 Å². The summed E-state index contributed by atoms with van der Waals surface area (Å²) in [6, 6.07) is 9.57. The summed E-state index contributed by atoms with van der Waals surface area (Å²) >= 11 is 0. The van der Waals surface area contributed by atoms with Gasteiger partial charge in [-0.1, -0.05) is 11.6 Å². The molecule has 100 valence electrons. The molecule has 0 saturated carbocycles. The third kappa shape index (κ3) is 2.25. The summed E-state index contributed by atoms with van der Waals surface area (Å²) in [6.07, 6.45) is 1.59. The molecule has 1 amide bonds. The number of aromatic nitrogens is 3. The number of rotatable bonds is 2. The van der Waals surface area contributed by atoms with Crippen LogP contribution in [0.1, 0.15) is 21.6 Å². The van der Waals surface area contributed by atoms with Gasteiger partial charge in [-0.05, 0) is 32.0 Å². The lowest BCUT2D eigenvalue weighted by Gasteiger charge is -2.08. The van der Waals surface area contributed by atoms with Crippen LogP contribution in [0.4, 0.5) is 5.82 Å². The minimum Gasteiger partial charge on any atom is -0.307 e. The van der Waals surface area contributed by atoms with Crippen LogP contribution in [-0.4, -0.2) is 21.1 Å². The minimum absolute atomic E-state index is 0.192. The molecule has 2 N–H and O–H groups in total. The molecule has 5 heteroatoms. The fraction of sp³-hybridized carbons (Fsp3) is 0.133. The highest BCUT2D eigenvalue weighted by Crippen LogP contribution is 2.18. The largest absolute Gasteiger partial charge is 0.307 e. The van der Waals surface area contributed by atoms with Crippen molar-refractivity contribution in [1.82, 2.24) is 15.2 Å². The van der Waals surface area contributed by atoms with Gasteiger partial charge in [-0.3, -0.25) is 14.9 Å². The van der Waals surface area contributed by atoms with Crippen molar-refractivity contribution in [2.24, 2.45) is 0 Å². The van der Waals surface area contributed by atoms with Crippen molar-refractivity contribution in [3.8, 4) is 0 Å². The second kappa shape index (κ2) is 4.77.